The van der Waals surface area contributed by atoms with Crippen LogP contribution in [0.3, 0.4) is 0 Å². The summed E-state index contributed by atoms with van der Waals surface area (Å²) >= 11 is 0. The zero-order valence-corrected chi connectivity index (χ0v) is 11.1. The van der Waals surface area contributed by atoms with Gasteiger partial charge in [0.1, 0.15) is 5.82 Å². The second kappa shape index (κ2) is 8.47. The van der Waals surface area contributed by atoms with Gasteiger partial charge in [-0.3, -0.25) is 5.32 Å². The first-order valence-electron chi connectivity index (χ1n) is 6.44. The van der Waals surface area contributed by atoms with E-state index in [-0.39, 0.29) is 6.03 Å². The molecule has 0 aliphatic carbocycles. The second-order valence-corrected chi connectivity index (χ2v) is 3.98. The molecule has 0 saturated carbocycles. The fraction of sp³-hybridized carbons (Fsp3) is 0.538. The number of rotatable bonds is 7. The van der Waals surface area contributed by atoms with Gasteiger partial charge in [-0.25, -0.2) is 9.78 Å². The van der Waals surface area contributed by atoms with Crippen LogP contribution in [0.15, 0.2) is 24.4 Å². The maximum Gasteiger partial charge on any atom is 0.320 e. The zero-order valence-electron chi connectivity index (χ0n) is 11.1. The van der Waals surface area contributed by atoms with Gasteiger partial charge in [-0.15, -0.1) is 0 Å². The molecule has 0 radical (unpaired) electrons. The summed E-state index contributed by atoms with van der Waals surface area (Å²) in [6, 6.07) is 5.21. The molecule has 5 nitrogen and oxygen atoms in total. The van der Waals surface area contributed by atoms with Crippen LogP contribution >= 0.6 is 0 Å². The monoisotopic (exact) mass is 250 g/mol. The topological polar surface area (TPSA) is 57.3 Å². The Labute approximate surface area is 109 Å². The average Bonchev–Trinajstić information content (AvgIpc) is 2.40. The van der Waals surface area contributed by atoms with Crippen molar-refractivity contribution >= 4 is 11.8 Å². The quantitative estimate of drug-likeness (QED) is 0.727. The number of carbonyl (C=O) groups excluding carboxylic acids is 1. The molecule has 0 atom stereocenters. The maximum absolute atomic E-state index is 11.5. The Morgan fingerprint density at radius 3 is 2.72 bits per heavy atom. The molecule has 0 aromatic carbocycles. The van der Waals surface area contributed by atoms with Gasteiger partial charge in [0.2, 0.25) is 0 Å². The van der Waals surface area contributed by atoms with Gasteiger partial charge in [0.15, 0.2) is 0 Å². The summed E-state index contributed by atoms with van der Waals surface area (Å²) in [6.07, 6.45) is 2.60. The van der Waals surface area contributed by atoms with Crippen molar-refractivity contribution in [1.29, 1.82) is 0 Å². The lowest BCUT2D eigenvalue weighted by Gasteiger charge is -2.17. The number of aromatic nitrogens is 1. The van der Waals surface area contributed by atoms with Gasteiger partial charge in [0.05, 0.1) is 0 Å². The standard InChI is InChI=1S/C13H22N4O/c1-3-17(4-2)11-7-10-15-13(18)16-12-8-5-6-9-14-12/h5-6,8-9H,3-4,7,10-11H2,1-2H3,(H2,14,15,16,18). The highest BCUT2D eigenvalue weighted by molar-refractivity contribution is 5.88. The van der Waals surface area contributed by atoms with Crippen LogP contribution in [0.25, 0.3) is 0 Å². The zero-order chi connectivity index (χ0) is 13.2. The SMILES string of the molecule is CCN(CC)CCCNC(=O)Nc1ccccn1. The first kappa shape index (κ1) is 14.4. The molecule has 1 aromatic heterocycles. The molecule has 0 aliphatic rings. The van der Waals surface area contributed by atoms with Gasteiger partial charge >= 0.3 is 6.03 Å². The number of hydrogen-bond acceptors (Lipinski definition) is 3. The van der Waals surface area contributed by atoms with Crippen molar-refractivity contribution in [1.82, 2.24) is 15.2 Å². The molecular formula is C13H22N4O. The van der Waals surface area contributed by atoms with Crippen molar-refractivity contribution in [2.75, 3.05) is 31.5 Å². The van der Waals surface area contributed by atoms with E-state index < -0.39 is 0 Å². The Balaban J connectivity index is 2.14. The number of hydrogen-bond donors (Lipinski definition) is 2. The molecule has 2 N–H and O–H groups in total. The van der Waals surface area contributed by atoms with E-state index >= 15 is 0 Å². The van der Waals surface area contributed by atoms with Gasteiger partial charge < -0.3 is 10.2 Å². The van der Waals surface area contributed by atoms with Crippen LogP contribution in [-0.4, -0.2) is 42.1 Å². The summed E-state index contributed by atoms with van der Waals surface area (Å²) < 4.78 is 0. The second-order valence-electron chi connectivity index (χ2n) is 3.98. The molecule has 2 amide bonds. The predicted molar refractivity (Wildman–Crippen MR) is 73.7 cm³/mol. The number of pyridine rings is 1. The van der Waals surface area contributed by atoms with E-state index in [1.165, 1.54) is 0 Å². The van der Waals surface area contributed by atoms with Crippen molar-refractivity contribution in [3.05, 3.63) is 24.4 Å². The minimum Gasteiger partial charge on any atom is -0.338 e. The summed E-state index contributed by atoms with van der Waals surface area (Å²) in [5, 5.41) is 5.50. The maximum atomic E-state index is 11.5. The van der Waals surface area contributed by atoms with Crippen LogP contribution in [0, 0.1) is 0 Å². The first-order valence-corrected chi connectivity index (χ1v) is 6.44. The number of nitrogens with one attached hydrogen (secondary N) is 2. The molecule has 0 aliphatic heterocycles. The highest BCUT2D eigenvalue weighted by atomic mass is 16.2. The van der Waals surface area contributed by atoms with Crippen LogP contribution in [0.1, 0.15) is 20.3 Å². The van der Waals surface area contributed by atoms with Crippen LogP contribution < -0.4 is 10.6 Å². The van der Waals surface area contributed by atoms with E-state index in [2.05, 4.69) is 34.4 Å². The molecule has 5 heteroatoms. The summed E-state index contributed by atoms with van der Waals surface area (Å²) in [5.74, 6) is 0.568. The minimum atomic E-state index is -0.201. The van der Waals surface area contributed by atoms with E-state index in [9.17, 15) is 4.79 Å². The summed E-state index contributed by atoms with van der Waals surface area (Å²) in [4.78, 5) is 17.9. The van der Waals surface area contributed by atoms with Crippen molar-refractivity contribution in [2.24, 2.45) is 0 Å². The lowest BCUT2D eigenvalue weighted by Crippen LogP contribution is -2.32. The van der Waals surface area contributed by atoms with Crippen LogP contribution in [0.2, 0.25) is 0 Å². The molecular weight excluding hydrogens is 228 g/mol. The average molecular weight is 250 g/mol. The van der Waals surface area contributed by atoms with Gasteiger partial charge in [-0.05, 0) is 38.2 Å². The van der Waals surface area contributed by atoms with Crippen molar-refractivity contribution < 1.29 is 4.79 Å². The third-order valence-corrected chi connectivity index (χ3v) is 2.74. The number of amides is 2. The summed E-state index contributed by atoms with van der Waals surface area (Å²) in [7, 11) is 0. The number of anilines is 1. The number of urea groups is 1. The Morgan fingerprint density at radius 2 is 2.11 bits per heavy atom. The van der Waals surface area contributed by atoms with E-state index in [0.29, 0.717) is 12.4 Å². The fourth-order valence-electron chi connectivity index (χ4n) is 1.64. The molecule has 100 valence electrons. The van der Waals surface area contributed by atoms with Crippen molar-refractivity contribution in [2.45, 2.75) is 20.3 Å². The smallest absolute Gasteiger partial charge is 0.320 e. The number of nitrogens with zero attached hydrogens (tertiary/aromatic N) is 2. The van der Waals surface area contributed by atoms with Gasteiger partial charge in [-0.1, -0.05) is 19.9 Å². The Bertz CT molecular complexity index is 338. The lowest BCUT2D eigenvalue weighted by atomic mass is 10.3. The normalized spacial score (nSPS) is 10.4. The van der Waals surface area contributed by atoms with Gasteiger partial charge in [-0.2, -0.15) is 0 Å². The minimum absolute atomic E-state index is 0.201. The fourth-order valence-corrected chi connectivity index (χ4v) is 1.64. The van der Waals surface area contributed by atoms with E-state index in [0.717, 1.165) is 26.1 Å². The van der Waals surface area contributed by atoms with Crippen LogP contribution in [-0.2, 0) is 0 Å². The van der Waals surface area contributed by atoms with Gasteiger partial charge in [0, 0.05) is 12.7 Å². The number of carbonyl (C=O) groups is 1. The largest absolute Gasteiger partial charge is 0.338 e. The predicted octanol–water partition coefficient (Wildman–Crippen LogP) is 1.93. The summed E-state index contributed by atoms with van der Waals surface area (Å²) in [5.41, 5.74) is 0. The molecule has 1 heterocycles. The highest BCUT2D eigenvalue weighted by Gasteiger charge is 2.02. The van der Waals surface area contributed by atoms with Crippen LogP contribution in [0.4, 0.5) is 10.6 Å². The third kappa shape index (κ3) is 5.63. The van der Waals surface area contributed by atoms with Crippen molar-refractivity contribution in [3.8, 4) is 0 Å². The van der Waals surface area contributed by atoms with Crippen LogP contribution in [0.5, 0.6) is 0 Å². The highest BCUT2D eigenvalue weighted by Crippen LogP contribution is 1.98. The molecule has 0 fully saturated rings. The lowest BCUT2D eigenvalue weighted by molar-refractivity contribution is 0.250. The molecule has 18 heavy (non-hydrogen) atoms. The molecule has 0 bridgehead atoms. The molecule has 0 unspecified atom stereocenters. The Kier molecular flexibility index (Phi) is 6.79. The molecule has 0 saturated heterocycles. The van der Waals surface area contributed by atoms with E-state index in [1.807, 2.05) is 12.1 Å². The molecule has 0 spiro atoms. The third-order valence-electron chi connectivity index (χ3n) is 2.74. The summed E-state index contributed by atoms with van der Waals surface area (Å²) in [6.45, 7) is 8.08. The van der Waals surface area contributed by atoms with Crippen molar-refractivity contribution in [3.63, 3.8) is 0 Å². The first-order chi connectivity index (χ1) is 8.76. The Hall–Kier alpha value is -1.62. The molecule has 1 aromatic rings. The molecule has 1 rings (SSSR count). The van der Waals surface area contributed by atoms with E-state index in [4.69, 9.17) is 0 Å². The van der Waals surface area contributed by atoms with Gasteiger partial charge in [0.25, 0.3) is 0 Å². The Morgan fingerprint density at radius 1 is 1.33 bits per heavy atom. The van der Waals surface area contributed by atoms with E-state index in [1.54, 1.807) is 12.3 Å².